The monoisotopic (exact) mass is 257 g/mol. The third-order valence-electron chi connectivity index (χ3n) is 4.18. The summed E-state index contributed by atoms with van der Waals surface area (Å²) in [6, 6.07) is 0.623. The van der Waals surface area contributed by atoms with Crippen LogP contribution < -0.4 is 5.32 Å². The van der Waals surface area contributed by atoms with Crippen molar-refractivity contribution in [2.45, 2.75) is 44.2 Å². The van der Waals surface area contributed by atoms with Crippen LogP contribution in [0.25, 0.3) is 0 Å². The van der Waals surface area contributed by atoms with Crippen LogP contribution in [0.1, 0.15) is 32.6 Å². The molecular formula is C14H31N3O. The molecule has 18 heavy (non-hydrogen) atoms. The van der Waals surface area contributed by atoms with Gasteiger partial charge in [0.1, 0.15) is 0 Å². The maximum absolute atomic E-state index is 9.61. The number of hydrogen-bond donors (Lipinski definition) is 2. The van der Waals surface area contributed by atoms with E-state index in [0.717, 1.165) is 32.5 Å². The van der Waals surface area contributed by atoms with Crippen LogP contribution in [-0.4, -0.2) is 73.9 Å². The second-order valence-electron chi connectivity index (χ2n) is 6.00. The highest BCUT2D eigenvalue weighted by atomic mass is 16.3. The van der Waals surface area contributed by atoms with Crippen molar-refractivity contribution in [3.63, 3.8) is 0 Å². The first kappa shape index (κ1) is 15.9. The summed E-state index contributed by atoms with van der Waals surface area (Å²) < 4.78 is 0. The SMILES string of the molecule is CCNC1(CO)CCC(N(C)CCCN(C)C)C1. The zero-order chi connectivity index (χ0) is 13.6. The Morgan fingerprint density at radius 2 is 2.00 bits per heavy atom. The van der Waals surface area contributed by atoms with Crippen LogP contribution in [0.15, 0.2) is 0 Å². The fourth-order valence-electron chi connectivity index (χ4n) is 3.03. The Labute approximate surface area is 112 Å². The van der Waals surface area contributed by atoms with E-state index in [0.29, 0.717) is 6.04 Å². The summed E-state index contributed by atoms with van der Waals surface area (Å²) in [5.41, 5.74) is -0.0186. The minimum Gasteiger partial charge on any atom is -0.394 e. The molecule has 2 atom stereocenters. The molecule has 0 radical (unpaired) electrons. The average molecular weight is 257 g/mol. The molecular weight excluding hydrogens is 226 g/mol. The molecule has 4 heteroatoms. The Morgan fingerprint density at radius 1 is 1.28 bits per heavy atom. The maximum Gasteiger partial charge on any atom is 0.0613 e. The molecule has 4 nitrogen and oxygen atoms in total. The van der Waals surface area contributed by atoms with Crippen molar-refractivity contribution in [1.82, 2.24) is 15.1 Å². The lowest BCUT2D eigenvalue weighted by atomic mass is 9.98. The van der Waals surface area contributed by atoms with Gasteiger partial charge in [-0.25, -0.2) is 0 Å². The van der Waals surface area contributed by atoms with Gasteiger partial charge in [0.2, 0.25) is 0 Å². The Bertz CT molecular complexity index is 235. The van der Waals surface area contributed by atoms with Crippen molar-refractivity contribution in [3.05, 3.63) is 0 Å². The van der Waals surface area contributed by atoms with Crippen LogP contribution in [0, 0.1) is 0 Å². The molecule has 2 unspecified atom stereocenters. The fraction of sp³-hybridized carbons (Fsp3) is 1.00. The molecule has 0 aromatic carbocycles. The maximum atomic E-state index is 9.61. The van der Waals surface area contributed by atoms with Gasteiger partial charge in [-0.05, 0) is 66.5 Å². The van der Waals surface area contributed by atoms with Crippen LogP contribution in [0.3, 0.4) is 0 Å². The van der Waals surface area contributed by atoms with Crippen LogP contribution in [0.4, 0.5) is 0 Å². The average Bonchev–Trinajstić information content (AvgIpc) is 2.74. The van der Waals surface area contributed by atoms with Crippen molar-refractivity contribution >= 4 is 0 Å². The molecule has 1 rings (SSSR count). The first-order valence-corrected chi connectivity index (χ1v) is 7.24. The highest BCUT2D eigenvalue weighted by Gasteiger charge is 2.39. The van der Waals surface area contributed by atoms with E-state index < -0.39 is 0 Å². The summed E-state index contributed by atoms with van der Waals surface area (Å²) in [6.07, 6.45) is 4.59. The Morgan fingerprint density at radius 3 is 2.56 bits per heavy atom. The van der Waals surface area contributed by atoms with Crippen molar-refractivity contribution < 1.29 is 5.11 Å². The molecule has 1 aliphatic carbocycles. The predicted molar refractivity (Wildman–Crippen MR) is 76.9 cm³/mol. The first-order chi connectivity index (χ1) is 8.53. The highest BCUT2D eigenvalue weighted by molar-refractivity contribution is 4.98. The van der Waals surface area contributed by atoms with Crippen LogP contribution >= 0.6 is 0 Å². The number of aliphatic hydroxyl groups excluding tert-OH is 1. The lowest BCUT2D eigenvalue weighted by Gasteiger charge is -2.30. The number of hydrogen-bond acceptors (Lipinski definition) is 4. The molecule has 108 valence electrons. The zero-order valence-corrected chi connectivity index (χ0v) is 12.6. The van der Waals surface area contributed by atoms with E-state index in [-0.39, 0.29) is 12.1 Å². The van der Waals surface area contributed by atoms with Gasteiger partial charge in [0, 0.05) is 11.6 Å². The predicted octanol–water partition coefficient (Wildman–Crippen LogP) is 0.763. The van der Waals surface area contributed by atoms with Gasteiger partial charge < -0.3 is 20.2 Å². The third kappa shape index (κ3) is 4.50. The smallest absolute Gasteiger partial charge is 0.0613 e. The fourth-order valence-corrected chi connectivity index (χ4v) is 3.03. The second-order valence-corrected chi connectivity index (χ2v) is 6.00. The second kappa shape index (κ2) is 7.43. The van der Waals surface area contributed by atoms with Gasteiger partial charge in [0.25, 0.3) is 0 Å². The summed E-state index contributed by atoms with van der Waals surface area (Å²) in [5, 5.41) is 13.1. The topological polar surface area (TPSA) is 38.7 Å². The van der Waals surface area contributed by atoms with Gasteiger partial charge in [0.05, 0.1) is 6.61 Å². The molecule has 0 spiro atoms. The minimum atomic E-state index is -0.0186. The van der Waals surface area contributed by atoms with Crippen molar-refractivity contribution in [2.75, 3.05) is 47.4 Å². The molecule has 1 saturated carbocycles. The molecule has 0 heterocycles. The van der Waals surface area contributed by atoms with Gasteiger partial charge in [-0.1, -0.05) is 6.92 Å². The molecule has 1 aliphatic rings. The quantitative estimate of drug-likeness (QED) is 0.673. The Kier molecular flexibility index (Phi) is 6.57. The summed E-state index contributed by atoms with van der Waals surface area (Å²) in [7, 11) is 6.47. The van der Waals surface area contributed by atoms with Crippen LogP contribution in [-0.2, 0) is 0 Å². The lowest BCUT2D eigenvalue weighted by Crippen LogP contribution is -2.47. The normalized spacial score (nSPS) is 28.5. The Hall–Kier alpha value is -0.160. The van der Waals surface area contributed by atoms with Gasteiger partial charge in [-0.3, -0.25) is 0 Å². The van der Waals surface area contributed by atoms with Crippen molar-refractivity contribution in [3.8, 4) is 0 Å². The van der Waals surface area contributed by atoms with Crippen LogP contribution in [0.2, 0.25) is 0 Å². The number of nitrogens with one attached hydrogen (secondary N) is 1. The molecule has 0 aliphatic heterocycles. The first-order valence-electron chi connectivity index (χ1n) is 7.24. The third-order valence-corrected chi connectivity index (χ3v) is 4.18. The van der Waals surface area contributed by atoms with Gasteiger partial charge >= 0.3 is 0 Å². The summed E-state index contributed by atoms with van der Waals surface area (Å²) in [5.74, 6) is 0. The highest BCUT2D eigenvalue weighted by Crippen LogP contribution is 2.32. The van der Waals surface area contributed by atoms with E-state index in [9.17, 15) is 5.11 Å². The van der Waals surface area contributed by atoms with Gasteiger partial charge in [0.15, 0.2) is 0 Å². The number of rotatable bonds is 8. The van der Waals surface area contributed by atoms with Gasteiger partial charge in [-0.2, -0.15) is 0 Å². The van der Waals surface area contributed by atoms with E-state index in [2.05, 4.69) is 43.2 Å². The zero-order valence-electron chi connectivity index (χ0n) is 12.6. The molecule has 0 aromatic rings. The molecule has 0 aromatic heterocycles. The summed E-state index contributed by atoms with van der Waals surface area (Å²) in [6.45, 7) is 5.62. The molecule has 0 saturated heterocycles. The summed E-state index contributed by atoms with van der Waals surface area (Å²) in [4.78, 5) is 4.71. The van der Waals surface area contributed by atoms with E-state index in [1.807, 2.05) is 0 Å². The van der Waals surface area contributed by atoms with E-state index in [1.165, 1.54) is 12.8 Å². The Balaban J connectivity index is 2.35. The van der Waals surface area contributed by atoms with E-state index in [1.54, 1.807) is 0 Å². The number of likely N-dealkylation sites (N-methyl/N-ethyl adjacent to an activating group) is 1. The standard InChI is InChI=1S/C14H31N3O/c1-5-15-14(12-18)8-7-13(11-14)17(4)10-6-9-16(2)3/h13,15,18H,5-12H2,1-4H3. The molecule has 1 fully saturated rings. The number of nitrogens with zero attached hydrogens (tertiary/aromatic N) is 2. The van der Waals surface area contributed by atoms with Crippen molar-refractivity contribution in [2.24, 2.45) is 0 Å². The van der Waals surface area contributed by atoms with Crippen molar-refractivity contribution in [1.29, 1.82) is 0 Å². The molecule has 2 N–H and O–H groups in total. The van der Waals surface area contributed by atoms with Gasteiger partial charge in [-0.15, -0.1) is 0 Å². The minimum absolute atomic E-state index is 0.0186. The lowest BCUT2D eigenvalue weighted by molar-refractivity contribution is 0.151. The molecule has 0 bridgehead atoms. The van der Waals surface area contributed by atoms with E-state index >= 15 is 0 Å². The number of aliphatic hydroxyl groups is 1. The van der Waals surface area contributed by atoms with Crippen LogP contribution in [0.5, 0.6) is 0 Å². The molecule has 0 amide bonds. The van der Waals surface area contributed by atoms with E-state index in [4.69, 9.17) is 0 Å². The largest absolute Gasteiger partial charge is 0.394 e. The summed E-state index contributed by atoms with van der Waals surface area (Å²) >= 11 is 0.